The largest absolute Gasteiger partial charge is 0.494 e. The lowest BCUT2D eigenvalue weighted by Gasteiger charge is -2.32. The highest BCUT2D eigenvalue weighted by Gasteiger charge is 2.27. The Balaban J connectivity index is 1.75. The van der Waals surface area contributed by atoms with Gasteiger partial charge in [0.1, 0.15) is 5.75 Å². The van der Waals surface area contributed by atoms with Crippen LogP contribution in [-0.2, 0) is 11.2 Å². The number of hydrogen-bond donors (Lipinski definition) is 1. The smallest absolute Gasteiger partial charge is 0.119 e. The van der Waals surface area contributed by atoms with Crippen molar-refractivity contribution >= 4 is 11.6 Å². The van der Waals surface area contributed by atoms with Crippen molar-refractivity contribution in [1.82, 2.24) is 0 Å². The molecular weight excluding hydrogens is 336 g/mol. The lowest BCUT2D eigenvalue weighted by atomic mass is 9.94. The molecule has 4 heteroatoms. The molecular formula is C21H25ClO3. The predicted octanol–water partition coefficient (Wildman–Crippen LogP) is 4.93. The van der Waals surface area contributed by atoms with Crippen LogP contribution in [0.2, 0.25) is 5.02 Å². The Kier molecular flexibility index (Phi) is 6.00. The molecule has 0 aromatic heterocycles. The first-order chi connectivity index (χ1) is 12.1. The van der Waals surface area contributed by atoms with E-state index < -0.39 is 0 Å². The van der Waals surface area contributed by atoms with Gasteiger partial charge in [-0.3, -0.25) is 0 Å². The van der Waals surface area contributed by atoms with E-state index >= 15 is 0 Å². The Bertz CT molecular complexity index is 699. The van der Waals surface area contributed by atoms with E-state index in [9.17, 15) is 5.11 Å². The fraction of sp³-hybridized carbons (Fsp3) is 0.429. The van der Waals surface area contributed by atoms with Gasteiger partial charge in [-0.1, -0.05) is 35.9 Å². The molecule has 1 fully saturated rings. The van der Waals surface area contributed by atoms with Crippen molar-refractivity contribution in [2.75, 3.05) is 6.61 Å². The number of halogens is 1. The maximum Gasteiger partial charge on any atom is 0.119 e. The van der Waals surface area contributed by atoms with E-state index in [2.05, 4.69) is 18.2 Å². The average molecular weight is 361 g/mol. The topological polar surface area (TPSA) is 38.7 Å². The first kappa shape index (κ1) is 18.2. The molecule has 0 spiro atoms. The fourth-order valence-electron chi connectivity index (χ4n) is 3.24. The fourth-order valence-corrected chi connectivity index (χ4v) is 3.42. The molecule has 1 aliphatic heterocycles. The first-order valence-corrected chi connectivity index (χ1v) is 9.28. The highest BCUT2D eigenvalue weighted by Crippen LogP contribution is 2.33. The van der Waals surface area contributed by atoms with Crippen LogP contribution in [0.15, 0.2) is 42.5 Å². The minimum absolute atomic E-state index is 0.0229. The van der Waals surface area contributed by atoms with Gasteiger partial charge in [-0.25, -0.2) is 0 Å². The van der Waals surface area contributed by atoms with Crippen molar-refractivity contribution < 1.29 is 14.6 Å². The summed E-state index contributed by atoms with van der Waals surface area (Å²) in [4.78, 5) is 0. The molecule has 1 aliphatic rings. The number of ether oxygens (including phenoxy) is 2. The third-order valence-electron chi connectivity index (χ3n) is 4.72. The minimum Gasteiger partial charge on any atom is -0.494 e. The van der Waals surface area contributed by atoms with Gasteiger partial charge in [-0.05, 0) is 68.0 Å². The molecule has 3 unspecified atom stereocenters. The van der Waals surface area contributed by atoms with E-state index in [1.165, 1.54) is 5.56 Å². The summed E-state index contributed by atoms with van der Waals surface area (Å²) in [7, 11) is 0. The lowest BCUT2D eigenvalue weighted by Crippen LogP contribution is -2.33. The first-order valence-electron chi connectivity index (χ1n) is 8.90. The van der Waals surface area contributed by atoms with Crippen LogP contribution in [0.1, 0.15) is 49.5 Å². The van der Waals surface area contributed by atoms with Gasteiger partial charge in [0.25, 0.3) is 0 Å². The van der Waals surface area contributed by atoms with Gasteiger partial charge >= 0.3 is 0 Å². The molecule has 134 valence electrons. The molecule has 1 heterocycles. The average Bonchev–Trinajstić information content (AvgIpc) is 2.61. The SMILES string of the molecule is CCOc1ccc(Cc2cc(C3CCC(O)C(C)O3)ccc2Cl)cc1. The van der Waals surface area contributed by atoms with Crippen molar-refractivity contribution in [3.05, 3.63) is 64.2 Å². The van der Waals surface area contributed by atoms with Crippen molar-refractivity contribution in [3.63, 3.8) is 0 Å². The Morgan fingerprint density at radius 2 is 1.92 bits per heavy atom. The molecule has 1 saturated heterocycles. The summed E-state index contributed by atoms with van der Waals surface area (Å²) in [5, 5.41) is 10.6. The zero-order valence-corrected chi connectivity index (χ0v) is 15.5. The highest BCUT2D eigenvalue weighted by molar-refractivity contribution is 6.31. The lowest BCUT2D eigenvalue weighted by molar-refractivity contribution is -0.110. The molecule has 0 aliphatic carbocycles. The van der Waals surface area contributed by atoms with Crippen LogP contribution in [0.25, 0.3) is 0 Å². The second kappa shape index (κ2) is 8.22. The second-order valence-corrected chi connectivity index (χ2v) is 6.99. The van der Waals surface area contributed by atoms with E-state index in [1.54, 1.807) is 0 Å². The zero-order chi connectivity index (χ0) is 17.8. The van der Waals surface area contributed by atoms with Gasteiger partial charge in [-0.15, -0.1) is 0 Å². The van der Waals surface area contributed by atoms with Crippen LogP contribution in [0.4, 0.5) is 0 Å². The summed E-state index contributed by atoms with van der Waals surface area (Å²) in [5.74, 6) is 0.884. The van der Waals surface area contributed by atoms with E-state index in [-0.39, 0.29) is 18.3 Å². The van der Waals surface area contributed by atoms with Crippen molar-refractivity contribution in [2.45, 2.75) is 51.4 Å². The van der Waals surface area contributed by atoms with Gasteiger partial charge < -0.3 is 14.6 Å². The summed E-state index contributed by atoms with van der Waals surface area (Å²) >= 11 is 6.41. The van der Waals surface area contributed by atoms with Crippen LogP contribution >= 0.6 is 11.6 Å². The Labute approximate surface area is 154 Å². The highest BCUT2D eigenvalue weighted by atomic mass is 35.5. The molecule has 2 aromatic rings. The van der Waals surface area contributed by atoms with E-state index in [0.717, 1.165) is 41.2 Å². The maximum atomic E-state index is 9.84. The standard InChI is InChI=1S/C21H25ClO3/c1-3-24-18-7-4-15(5-8-18)12-17-13-16(6-9-19(17)22)21-11-10-20(23)14(2)25-21/h4-9,13-14,20-21,23H,3,10-12H2,1-2H3. The van der Waals surface area contributed by atoms with Crippen molar-refractivity contribution in [2.24, 2.45) is 0 Å². The van der Waals surface area contributed by atoms with E-state index in [1.807, 2.05) is 38.1 Å². The number of rotatable bonds is 5. The molecule has 3 atom stereocenters. The molecule has 25 heavy (non-hydrogen) atoms. The summed E-state index contributed by atoms with van der Waals surface area (Å²) in [5.41, 5.74) is 3.41. The van der Waals surface area contributed by atoms with Gasteiger partial charge in [0.15, 0.2) is 0 Å². The van der Waals surface area contributed by atoms with Crippen LogP contribution < -0.4 is 4.74 Å². The molecule has 0 radical (unpaired) electrons. The predicted molar refractivity (Wildman–Crippen MR) is 100 cm³/mol. The molecule has 0 saturated carbocycles. The third-order valence-corrected chi connectivity index (χ3v) is 5.08. The minimum atomic E-state index is -0.369. The summed E-state index contributed by atoms with van der Waals surface area (Å²) in [6, 6.07) is 14.2. The number of aliphatic hydroxyl groups excluding tert-OH is 1. The molecule has 0 bridgehead atoms. The van der Waals surface area contributed by atoms with E-state index in [4.69, 9.17) is 21.1 Å². The molecule has 3 rings (SSSR count). The Morgan fingerprint density at radius 1 is 1.16 bits per heavy atom. The molecule has 2 aromatic carbocycles. The normalized spacial score (nSPS) is 23.4. The zero-order valence-electron chi connectivity index (χ0n) is 14.7. The van der Waals surface area contributed by atoms with E-state index in [0.29, 0.717) is 6.61 Å². The summed E-state index contributed by atoms with van der Waals surface area (Å²) in [6.45, 7) is 4.57. The number of aliphatic hydroxyl groups is 1. The summed E-state index contributed by atoms with van der Waals surface area (Å²) < 4.78 is 11.5. The second-order valence-electron chi connectivity index (χ2n) is 6.58. The molecule has 1 N–H and O–H groups in total. The van der Waals surface area contributed by atoms with Crippen LogP contribution in [0, 0.1) is 0 Å². The maximum absolute atomic E-state index is 9.84. The van der Waals surface area contributed by atoms with Crippen LogP contribution in [0.5, 0.6) is 5.75 Å². The van der Waals surface area contributed by atoms with Gasteiger partial charge in [0.05, 0.1) is 24.9 Å². The van der Waals surface area contributed by atoms with Gasteiger partial charge in [0, 0.05) is 5.02 Å². The Morgan fingerprint density at radius 3 is 2.60 bits per heavy atom. The van der Waals surface area contributed by atoms with Gasteiger partial charge in [0.2, 0.25) is 0 Å². The van der Waals surface area contributed by atoms with Gasteiger partial charge in [-0.2, -0.15) is 0 Å². The Hall–Kier alpha value is -1.55. The molecule has 0 amide bonds. The van der Waals surface area contributed by atoms with Crippen LogP contribution in [0.3, 0.4) is 0 Å². The quantitative estimate of drug-likeness (QED) is 0.821. The number of benzene rings is 2. The van der Waals surface area contributed by atoms with Crippen molar-refractivity contribution in [1.29, 1.82) is 0 Å². The third kappa shape index (κ3) is 4.55. The van der Waals surface area contributed by atoms with Crippen molar-refractivity contribution in [3.8, 4) is 5.75 Å². The summed E-state index contributed by atoms with van der Waals surface area (Å²) in [6.07, 6.45) is 1.88. The van der Waals surface area contributed by atoms with Crippen LogP contribution in [-0.4, -0.2) is 23.9 Å². The monoisotopic (exact) mass is 360 g/mol. The number of hydrogen-bond acceptors (Lipinski definition) is 3. The molecule has 3 nitrogen and oxygen atoms in total.